The van der Waals surface area contributed by atoms with Crippen LogP contribution in [-0.4, -0.2) is 25.7 Å². The first-order valence-electron chi connectivity index (χ1n) is 6.00. The van der Waals surface area contributed by atoms with Crippen LogP contribution < -0.4 is 4.90 Å². The van der Waals surface area contributed by atoms with Crippen molar-refractivity contribution in [1.82, 2.24) is 0 Å². The van der Waals surface area contributed by atoms with E-state index in [4.69, 9.17) is 0 Å². The fourth-order valence-electron chi connectivity index (χ4n) is 0.726. The molecule has 0 aliphatic rings. The van der Waals surface area contributed by atoms with Crippen LogP contribution in [0.3, 0.4) is 0 Å². The molecule has 0 amide bonds. The van der Waals surface area contributed by atoms with Crippen LogP contribution in [-0.2, 0) is 9.59 Å². The minimum absolute atomic E-state index is 0.167. The maximum Gasteiger partial charge on any atom is 0.129 e. The monoisotopic (exact) mass is 251 g/mol. The molecule has 18 heavy (non-hydrogen) atoms. The first kappa shape index (κ1) is 18.7. The molecule has 0 unspecified atom stereocenters. The van der Waals surface area contributed by atoms with Gasteiger partial charge < -0.3 is 14.5 Å². The normalized spacial score (nSPS) is 8.11. The molecule has 1 aromatic carbocycles. The van der Waals surface area contributed by atoms with Gasteiger partial charge in [0, 0.05) is 26.2 Å². The zero-order valence-corrected chi connectivity index (χ0v) is 12.4. The maximum atomic E-state index is 9.81. The van der Waals surface area contributed by atoms with E-state index >= 15 is 0 Å². The number of rotatable bonds is 2. The van der Waals surface area contributed by atoms with E-state index in [1.807, 2.05) is 39.2 Å². The average Bonchev–Trinajstić information content (AvgIpc) is 2.30. The fourth-order valence-corrected chi connectivity index (χ4v) is 0.726. The Balaban J connectivity index is 0. The van der Waals surface area contributed by atoms with Crippen molar-refractivity contribution < 1.29 is 9.59 Å². The van der Waals surface area contributed by atoms with E-state index in [9.17, 15) is 9.59 Å². The molecule has 0 fully saturated rings. The summed E-state index contributed by atoms with van der Waals surface area (Å²) in [7, 11) is 4.07. The summed E-state index contributed by atoms with van der Waals surface area (Å²) < 4.78 is 0. The van der Waals surface area contributed by atoms with Gasteiger partial charge in [0.05, 0.1) is 0 Å². The van der Waals surface area contributed by atoms with E-state index in [0.717, 1.165) is 0 Å². The van der Waals surface area contributed by atoms with Crippen LogP contribution in [0.5, 0.6) is 0 Å². The molecule has 0 bridgehead atoms. The van der Waals surface area contributed by atoms with E-state index in [2.05, 4.69) is 17.0 Å². The van der Waals surface area contributed by atoms with Crippen LogP contribution in [0.2, 0.25) is 0 Å². The lowest BCUT2D eigenvalue weighted by Crippen LogP contribution is -2.07. The summed E-state index contributed by atoms with van der Waals surface area (Å²) >= 11 is 0. The molecule has 0 radical (unpaired) electrons. The highest BCUT2D eigenvalue weighted by molar-refractivity contribution is 5.74. The molecule has 3 heteroatoms. The lowest BCUT2D eigenvalue weighted by molar-refractivity contribution is -0.117. The number of hydrogen-bond donors (Lipinski definition) is 0. The van der Waals surface area contributed by atoms with Crippen LogP contribution in [0.4, 0.5) is 5.69 Å². The molecule has 0 saturated carbocycles. The van der Waals surface area contributed by atoms with Crippen molar-refractivity contribution in [1.29, 1.82) is 0 Å². The highest BCUT2D eigenvalue weighted by atomic mass is 16.1. The van der Waals surface area contributed by atoms with Crippen molar-refractivity contribution in [3.05, 3.63) is 30.3 Å². The molecule has 0 N–H and O–H groups in total. The molecule has 0 aromatic heterocycles. The first-order valence-corrected chi connectivity index (χ1v) is 6.00. The average molecular weight is 251 g/mol. The van der Waals surface area contributed by atoms with E-state index in [1.54, 1.807) is 6.92 Å². The number of Topliss-reactive ketones (excluding diaryl/α,β-unsaturated/α-hetero) is 2. The Labute approximate surface area is 111 Å². The Morgan fingerprint density at radius 1 is 1.00 bits per heavy atom. The van der Waals surface area contributed by atoms with Gasteiger partial charge in [0.25, 0.3) is 0 Å². The van der Waals surface area contributed by atoms with Gasteiger partial charge in [0.2, 0.25) is 0 Å². The van der Waals surface area contributed by atoms with Gasteiger partial charge in [-0.3, -0.25) is 0 Å². The first-order chi connectivity index (χ1) is 8.31. The number of carbonyl (C=O) groups excluding carboxylic acids is 2. The van der Waals surface area contributed by atoms with Gasteiger partial charge >= 0.3 is 0 Å². The van der Waals surface area contributed by atoms with Gasteiger partial charge in [-0.15, -0.1) is 0 Å². The van der Waals surface area contributed by atoms with Gasteiger partial charge in [-0.25, -0.2) is 0 Å². The Bertz CT molecular complexity index is 328. The summed E-state index contributed by atoms with van der Waals surface area (Å²) in [5.74, 6) is 0.421. The summed E-state index contributed by atoms with van der Waals surface area (Å²) in [5.41, 5.74) is 1.25. The lowest BCUT2D eigenvalue weighted by Gasteiger charge is -2.10. The quantitative estimate of drug-likeness (QED) is 0.809. The van der Waals surface area contributed by atoms with Gasteiger partial charge in [0.1, 0.15) is 11.6 Å². The minimum atomic E-state index is 0.167. The second-order valence-electron chi connectivity index (χ2n) is 4.19. The molecule has 102 valence electrons. The molecule has 1 rings (SSSR count). The number of ketones is 2. The van der Waals surface area contributed by atoms with Crippen LogP contribution in [0.1, 0.15) is 34.1 Å². The predicted molar refractivity (Wildman–Crippen MR) is 78.1 cm³/mol. The smallest absolute Gasteiger partial charge is 0.129 e. The highest BCUT2D eigenvalue weighted by Gasteiger charge is 1.87. The van der Waals surface area contributed by atoms with Crippen molar-refractivity contribution in [3.8, 4) is 0 Å². The third-order valence-corrected chi connectivity index (χ3v) is 1.77. The molecule has 0 aliphatic carbocycles. The summed E-state index contributed by atoms with van der Waals surface area (Å²) in [4.78, 5) is 21.3. The topological polar surface area (TPSA) is 37.4 Å². The standard InChI is InChI=1S/C8H11N.C4H8O.C3H6O/c1-9(2)8-6-4-3-5-7-8;1-3-4(2)5;1-3(2)4/h3-7H,1-2H3;3H2,1-2H3;1-2H3. The zero-order chi connectivity index (χ0) is 14.6. The zero-order valence-electron chi connectivity index (χ0n) is 12.4. The Hall–Kier alpha value is -1.64. The van der Waals surface area contributed by atoms with E-state index in [-0.39, 0.29) is 11.6 Å². The maximum absolute atomic E-state index is 9.81. The molecule has 1 aromatic rings. The van der Waals surface area contributed by atoms with Crippen LogP contribution in [0, 0.1) is 0 Å². The number of carbonyl (C=O) groups is 2. The van der Waals surface area contributed by atoms with Crippen LogP contribution >= 0.6 is 0 Å². The summed E-state index contributed by atoms with van der Waals surface area (Å²) in [6.07, 6.45) is 0.667. The van der Waals surface area contributed by atoms with Crippen molar-refractivity contribution >= 4 is 17.3 Å². The van der Waals surface area contributed by atoms with Crippen molar-refractivity contribution in [2.24, 2.45) is 0 Å². The summed E-state index contributed by atoms with van der Waals surface area (Å²) in [6, 6.07) is 10.3. The Morgan fingerprint density at radius 2 is 1.33 bits per heavy atom. The molecule has 0 atom stereocenters. The second-order valence-corrected chi connectivity index (χ2v) is 4.19. The van der Waals surface area contributed by atoms with Gasteiger partial charge in [0.15, 0.2) is 0 Å². The lowest BCUT2D eigenvalue weighted by atomic mass is 10.3. The van der Waals surface area contributed by atoms with Crippen molar-refractivity contribution in [2.75, 3.05) is 19.0 Å². The van der Waals surface area contributed by atoms with Gasteiger partial charge in [-0.1, -0.05) is 25.1 Å². The molecular formula is C15H25NO2. The molecule has 0 aliphatic heterocycles. The predicted octanol–water partition coefficient (Wildman–Crippen LogP) is 3.33. The largest absolute Gasteiger partial charge is 0.378 e. The summed E-state index contributed by atoms with van der Waals surface area (Å²) in [6.45, 7) is 6.49. The Kier molecular flexibility index (Phi) is 12.3. The fraction of sp³-hybridized carbons (Fsp3) is 0.467. The molecular weight excluding hydrogens is 226 g/mol. The number of hydrogen-bond acceptors (Lipinski definition) is 3. The number of benzene rings is 1. The van der Waals surface area contributed by atoms with E-state index in [1.165, 1.54) is 19.5 Å². The summed E-state index contributed by atoms with van der Waals surface area (Å²) in [5, 5.41) is 0. The van der Waals surface area contributed by atoms with Gasteiger partial charge in [-0.05, 0) is 32.9 Å². The molecule has 0 saturated heterocycles. The molecule has 0 spiro atoms. The van der Waals surface area contributed by atoms with Crippen LogP contribution in [0.25, 0.3) is 0 Å². The molecule has 3 nitrogen and oxygen atoms in total. The van der Waals surface area contributed by atoms with Crippen molar-refractivity contribution in [3.63, 3.8) is 0 Å². The van der Waals surface area contributed by atoms with Crippen molar-refractivity contribution in [2.45, 2.75) is 34.1 Å². The molecule has 0 heterocycles. The third-order valence-electron chi connectivity index (χ3n) is 1.77. The third kappa shape index (κ3) is 16.8. The second kappa shape index (κ2) is 11.8. The number of para-hydroxylation sites is 1. The van der Waals surface area contributed by atoms with E-state index in [0.29, 0.717) is 6.42 Å². The minimum Gasteiger partial charge on any atom is -0.378 e. The number of nitrogens with zero attached hydrogens (tertiary/aromatic N) is 1. The Morgan fingerprint density at radius 3 is 1.50 bits per heavy atom. The van der Waals surface area contributed by atoms with Gasteiger partial charge in [-0.2, -0.15) is 0 Å². The number of anilines is 1. The van der Waals surface area contributed by atoms with E-state index < -0.39 is 0 Å². The SMILES string of the molecule is CC(C)=O.CCC(C)=O.CN(C)c1ccccc1. The van der Waals surface area contributed by atoms with Crippen LogP contribution in [0.15, 0.2) is 30.3 Å². The highest BCUT2D eigenvalue weighted by Crippen LogP contribution is 2.07.